The highest BCUT2D eigenvalue weighted by Gasteiger charge is 2.42. The van der Waals surface area contributed by atoms with E-state index in [4.69, 9.17) is 0 Å². The molecular formula is C16H30N2S. The van der Waals surface area contributed by atoms with E-state index in [1.165, 1.54) is 63.1 Å². The molecule has 0 aromatic rings. The van der Waals surface area contributed by atoms with E-state index in [2.05, 4.69) is 35.8 Å². The van der Waals surface area contributed by atoms with Crippen molar-refractivity contribution >= 4 is 11.8 Å². The van der Waals surface area contributed by atoms with Gasteiger partial charge in [-0.15, -0.1) is 0 Å². The van der Waals surface area contributed by atoms with Gasteiger partial charge in [-0.05, 0) is 56.4 Å². The van der Waals surface area contributed by atoms with Crippen molar-refractivity contribution in [2.45, 2.75) is 70.5 Å². The molecule has 3 fully saturated rings. The lowest BCUT2D eigenvalue weighted by molar-refractivity contribution is 0.0215. The highest BCUT2D eigenvalue weighted by atomic mass is 32.2. The number of nitrogens with one attached hydrogen (secondary N) is 1. The van der Waals surface area contributed by atoms with E-state index in [0.29, 0.717) is 5.41 Å². The second-order valence-electron chi connectivity index (χ2n) is 7.33. The van der Waals surface area contributed by atoms with Gasteiger partial charge in [-0.2, -0.15) is 11.8 Å². The topological polar surface area (TPSA) is 15.3 Å². The zero-order valence-corrected chi connectivity index (χ0v) is 13.5. The van der Waals surface area contributed by atoms with E-state index in [0.717, 1.165) is 18.1 Å². The number of likely N-dealkylation sites (tertiary alicyclic amines) is 1. The largest absolute Gasteiger partial charge is 0.312 e. The number of rotatable bonds is 2. The Morgan fingerprint density at radius 1 is 1.16 bits per heavy atom. The Labute approximate surface area is 123 Å². The van der Waals surface area contributed by atoms with E-state index in [9.17, 15) is 0 Å². The summed E-state index contributed by atoms with van der Waals surface area (Å²) in [6.45, 7) is 7.60. The molecule has 0 radical (unpaired) electrons. The molecule has 19 heavy (non-hydrogen) atoms. The third-order valence-corrected chi connectivity index (χ3v) is 6.67. The summed E-state index contributed by atoms with van der Waals surface area (Å²) >= 11 is 2.18. The summed E-state index contributed by atoms with van der Waals surface area (Å²) in [4.78, 5) is 2.92. The first-order chi connectivity index (χ1) is 9.18. The fraction of sp³-hybridized carbons (Fsp3) is 1.00. The second-order valence-corrected chi connectivity index (χ2v) is 8.48. The number of piperidine rings is 1. The molecule has 3 aliphatic heterocycles. The molecule has 0 bridgehead atoms. The number of thioether (sulfide) groups is 1. The lowest BCUT2D eigenvalue weighted by Gasteiger charge is -2.51. The second kappa shape index (κ2) is 5.95. The molecule has 2 nitrogen and oxygen atoms in total. The van der Waals surface area contributed by atoms with Gasteiger partial charge in [0.1, 0.15) is 0 Å². The van der Waals surface area contributed by atoms with Gasteiger partial charge in [0, 0.05) is 23.9 Å². The molecule has 3 atom stereocenters. The lowest BCUT2D eigenvalue weighted by atomic mass is 9.79. The van der Waals surface area contributed by atoms with Crippen molar-refractivity contribution < 1.29 is 0 Å². The molecule has 0 aliphatic carbocycles. The SMILES string of the molecule is CC1(C)CCSCC1N1CCCCC1C1CCCN1. The molecule has 0 aromatic carbocycles. The first-order valence-corrected chi connectivity index (χ1v) is 9.41. The van der Waals surface area contributed by atoms with Crippen LogP contribution in [0.2, 0.25) is 0 Å². The summed E-state index contributed by atoms with van der Waals surface area (Å²) < 4.78 is 0. The van der Waals surface area contributed by atoms with Crippen LogP contribution in [0.4, 0.5) is 0 Å². The summed E-state index contributed by atoms with van der Waals surface area (Å²) in [5, 5.41) is 3.77. The molecule has 1 N–H and O–H groups in total. The van der Waals surface area contributed by atoms with Crippen molar-refractivity contribution in [3.8, 4) is 0 Å². The van der Waals surface area contributed by atoms with E-state index in [-0.39, 0.29) is 0 Å². The van der Waals surface area contributed by atoms with Gasteiger partial charge in [0.25, 0.3) is 0 Å². The quantitative estimate of drug-likeness (QED) is 0.838. The summed E-state index contributed by atoms with van der Waals surface area (Å²) in [6, 6.07) is 2.40. The Kier molecular flexibility index (Phi) is 4.45. The highest BCUT2D eigenvalue weighted by Crippen LogP contribution is 2.40. The first kappa shape index (κ1) is 14.2. The number of hydrogen-bond donors (Lipinski definition) is 1. The van der Waals surface area contributed by atoms with E-state index in [1.807, 2.05) is 0 Å². The minimum absolute atomic E-state index is 0.513. The third-order valence-electron chi connectivity index (χ3n) is 5.62. The van der Waals surface area contributed by atoms with Crippen LogP contribution in [0.1, 0.15) is 52.4 Å². The standard InChI is InChI=1S/C16H30N2S/c1-16(2)8-11-19-12-15(16)18-10-4-3-7-14(18)13-6-5-9-17-13/h13-15,17H,3-12H2,1-2H3. The number of hydrogen-bond acceptors (Lipinski definition) is 3. The normalized spacial score (nSPS) is 40.4. The van der Waals surface area contributed by atoms with Gasteiger partial charge in [-0.25, -0.2) is 0 Å². The van der Waals surface area contributed by atoms with E-state index >= 15 is 0 Å². The van der Waals surface area contributed by atoms with Crippen LogP contribution in [-0.2, 0) is 0 Å². The van der Waals surface area contributed by atoms with Gasteiger partial charge < -0.3 is 5.32 Å². The van der Waals surface area contributed by atoms with Gasteiger partial charge in [-0.1, -0.05) is 20.3 Å². The summed E-state index contributed by atoms with van der Waals surface area (Å²) in [5.74, 6) is 2.72. The van der Waals surface area contributed by atoms with Gasteiger partial charge in [-0.3, -0.25) is 4.90 Å². The highest BCUT2D eigenvalue weighted by molar-refractivity contribution is 7.99. The van der Waals surface area contributed by atoms with Crippen LogP contribution in [-0.4, -0.2) is 47.6 Å². The van der Waals surface area contributed by atoms with E-state index < -0.39 is 0 Å². The van der Waals surface area contributed by atoms with Crippen LogP contribution in [0.5, 0.6) is 0 Å². The predicted octanol–water partition coefficient (Wildman–Crippen LogP) is 3.12. The van der Waals surface area contributed by atoms with Crippen LogP contribution in [0.15, 0.2) is 0 Å². The molecule has 110 valence electrons. The van der Waals surface area contributed by atoms with Crippen LogP contribution >= 0.6 is 11.8 Å². The fourth-order valence-corrected chi connectivity index (χ4v) is 6.01. The van der Waals surface area contributed by atoms with Gasteiger partial charge in [0.05, 0.1) is 0 Å². The van der Waals surface area contributed by atoms with E-state index in [1.54, 1.807) is 0 Å². The maximum absolute atomic E-state index is 3.77. The Bertz CT molecular complexity index is 299. The molecule has 3 heterocycles. The van der Waals surface area contributed by atoms with Crippen LogP contribution in [0, 0.1) is 5.41 Å². The van der Waals surface area contributed by atoms with Crippen molar-refractivity contribution in [2.24, 2.45) is 5.41 Å². The third kappa shape index (κ3) is 2.98. The minimum atomic E-state index is 0.513. The molecule has 0 amide bonds. The van der Waals surface area contributed by atoms with Crippen molar-refractivity contribution in [3.63, 3.8) is 0 Å². The van der Waals surface area contributed by atoms with Crippen LogP contribution in [0.25, 0.3) is 0 Å². The Hall–Kier alpha value is 0.270. The number of nitrogens with zero attached hydrogens (tertiary/aromatic N) is 1. The molecule has 0 saturated carbocycles. The van der Waals surface area contributed by atoms with Gasteiger partial charge in [0.2, 0.25) is 0 Å². The lowest BCUT2D eigenvalue weighted by Crippen LogP contribution is -2.59. The van der Waals surface area contributed by atoms with Gasteiger partial charge >= 0.3 is 0 Å². The summed E-state index contributed by atoms with van der Waals surface area (Å²) in [5.41, 5.74) is 0.513. The Morgan fingerprint density at radius 3 is 2.79 bits per heavy atom. The average molecular weight is 282 g/mol. The van der Waals surface area contributed by atoms with Crippen molar-refractivity contribution in [1.29, 1.82) is 0 Å². The monoisotopic (exact) mass is 282 g/mol. The molecule has 3 rings (SSSR count). The Morgan fingerprint density at radius 2 is 2.05 bits per heavy atom. The van der Waals surface area contributed by atoms with Crippen molar-refractivity contribution in [1.82, 2.24) is 10.2 Å². The molecule has 3 saturated heterocycles. The molecule has 3 unspecified atom stereocenters. The van der Waals surface area contributed by atoms with Crippen molar-refractivity contribution in [2.75, 3.05) is 24.6 Å². The van der Waals surface area contributed by atoms with Gasteiger partial charge in [0.15, 0.2) is 0 Å². The fourth-order valence-electron chi connectivity index (χ4n) is 4.31. The maximum atomic E-state index is 3.77. The van der Waals surface area contributed by atoms with Crippen LogP contribution in [0.3, 0.4) is 0 Å². The zero-order chi connectivity index (χ0) is 13.3. The summed E-state index contributed by atoms with van der Waals surface area (Å²) in [7, 11) is 0. The average Bonchev–Trinajstić information content (AvgIpc) is 2.92. The Balaban J connectivity index is 1.75. The zero-order valence-electron chi connectivity index (χ0n) is 12.7. The first-order valence-electron chi connectivity index (χ1n) is 8.25. The van der Waals surface area contributed by atoms with Crippen molar-refractivity contribution in [3.05, 3.63) is 0 Å². The smallest absolute Gasteiger partial charge is 0.0252 e. The molecule has 3 heteroatoms. The maximum Gasteiger partial charge on any atom is 0.0252 e. The molecule has 0 aromatic heterocycles. The predicted molar refractivity (Wildman–Crippen MR) is 84.9 cm³/mol. The minimum Gasteiger partial charge on any atom is -0.312 e. The molecular weight excluding hydrogens is 252 g/mol. The molecule has 0 spiro atoms. The summed E-state index contributed by atoms with van der Waals surface area (Å²) in [6.07, 6.45) is 8.47. The van der Waals surface area contributed by atoms with Crippen LogP contribution < -0.4 is 5.32 Å². The molecule has 3 aliphatic rings.